The van der Waals surface area contributed by atoms with Crippen molar-refractivity contribution in [3.05, 3.63) is 47.5 Å². The number of rotatable bonds is 8. The number of benzene rings is 1. The largest absolute Gasteiger partial charge is 0.481 e. The molecule has 3 saturated carbocycles. The molecule has 1 aromatic carbocycles. The van der Waals surface area contributed by atoms with E-state index >= 15 is 0 Å². The fourth-order valence-corrected chi connectivity index (χ4v) is 9.56. The molecule has 3 fully saturated rings. The molecule has 218 valence electrons. The van der Waals surface area contributed by atoms with Gasteiger partial charge in [-0.15, -0.1) is 0 Å². The van der Waals surface area contributed by atoms with E-state index in [0.717, 1.165) is 53.9 Å². The molecule has 0 aromatic heterocycles. The summed E-state index contributed by atoms with van der Waals surface area (Å²) in [5.41, 5.74) is 3.68. The molecule has 8 atom stereocenters. The van der Waals surface area contributed by atoms with E-state index in [0.29, 0.717) is 17.3 Å². The zero-order chi connectivity index (χ0) is 28.2. The Labute approximate surface area is 238 Å². The van der Waals surface area contributed by atoms with E-state index in [1.54, 1.807) is 5.57 Å². The minimum atomic E-state index is -0.742. The molecule has 39 heavy (non-hydrogen) atoms. The van der Waals surface area contributed by atoms with Crippen molar-refractivity contribution in [2.75, 3.05) is 0 Å². The minimum Gasteiger partial charge on any atom is -0.481 e. The third-order valence-corrected chi connectivity index (χ3v) is 11.7. The lowest BCUT2D eigenvalue weighted by Gasteiger charge is -2.58. The van der Waals surface area contributed by atoms with E-state index in [4.69, 9.17) is 5.11 Å². The van der Waals surface area contributed by atoms with Crippen LogP contribution in [0.4, 0.5) is 0 Å². The predicted molar refractivity (Wildman–Crippen MR) is 161 cm³/mol. The Morgan fingerprint density at radius 3 is 2.41 bits per heavy atom. The van der Waals surface area contributed by atoms with Crippen molar-refractivity contribution in [2.45, 2.75) is 124 Å². The number of carboxylic acids is 1. The van der Waals surface area contributed by atoms with E-state index in [-0.39, 0.29) is 12.5 Å². The van der Waals surface area contributed by atoms with Crippen LogP contribution in [0.15, 0.2) is 42.0 Å². The van der Waals surface area contributed by atoms with Crippen molar-refractivity contribution < 1.29 is 15.0 Å². The number of aryl methyl sites for hydroxylation is 1. The first-order chi connectivity index (χ1) is 18.5. The smallest absolute Gasteiger partial charge is 0.303 e. The first kappa shape index (κ1) is 30.4. The molecular formula is C36H56O3. The molecule has 0 saturated heterocycles. The van der Waals surface area contributed by atoms with E-state index in [2.05, 4.69) is 40.7 Å². The lowest BCUT2D eigenvalue weighted by atomic mass is 9.47. The van der Waals surface area contributed by atoms with Crippen LogP contribution in [-0.4, -0.2) is 22.3 Å². The molecule has 1 aromatic rings. The average Bonchev–Trinajstić information content (AvgIpc) is 3.26. The highest BCUT2D eigenvalue weighted by Gasteiger charge is 2.59. The van der Waals surface area contributed by atoms with Crippen molar-refractivity contribution in [2.24, 2.45) is 46.3 Å². The lowest BCUT2D eigenvalue weighted by Crippen LogP contribution is -2.50. The fourth-order valence-electron chi connectivity index (χ4n) is 9.56. The van der Waals surface area contributed by atoms with Crippen LogP contribution in [0.1, 0.15) is 117 Å². The van der Waals surface area contributed by atoms with Gasteiger partial charge in [0.25, 0.3) is 0 Å². The Bertz CT molecular complexity index is 967. The molecule has 0 amide bonds. The summed E-state index contributed by atoms with van der Waals surface area (Å²) < 4.78 is 0. The molecule has 4 aliphatic rings. The topological polar surface area (TPSA) is 57.5 Å². The van der Waals surface area contributed by atoms with Crippen LogP contribution in [0.25, 0.3) is 0 Å². The highest BCUT2D eigenvalue weighted by atomic mass is 16.4. The van der Waals surface area contributed by atoms with Crippen molar-refractivity contribution in [3.63, 3.8) is 0 Å². The molecule has 3 nitrogen and oxygen atoms in total. The van der Waals surface area contributed by atoms with Gasteiger partial charge >= 0.3 is 5.97 Å². The Kier molecular flexibility index (Phi) is 10.1. The molecule has 0 heterocycles. The Balaban J connectivity index is 0.000000270. The summed E-state index contributed by atoms with van der Waals surface area (Å²) in [6.07, 6.45) is 18.0. The molecule has 2 N–H and O–H groups in total. The standard InChI is InChI=1S/C27H46O.C9H10O2/c1-18(2)7-6-8-19(3)23-11-12-24-22-10-9-20-17-21(28)13-15-26(20,4)25(22)14-16-27(23,24)5;10-9(11)7-6-8-4-2-1-3-5-8/h9,18-19,21-25,28H,6-8,10-17H2,1-5H3;1-5H,6-7H2,(H,10,11)/t19?,21-,22-,23+,24-,25-,26-,27+;/m0./s1. The van der Waals surface area contributed by atoms with Gasteiger partial charge in [0.1, 0.15) is 0 Å². The Morgan fingerprint density at radius 2 is 1.72 bits per heavy atom. The Morgan fingerprint density at radius 1 is 0.974 bits per heavy atom. The monoisotopic (exact) mass is 536 g/mol. The number of carboxylic acid groups (broad SMARTS) is 1. The maximum Gasteiger partial charge on any atom is 0.303 e. The summed E-state index contributed by atoms with van der Waals surface area (Å²) in [6.45, 7) is 12.6. The number of fused-ring (bicyclic) bond motifs is 5. The van der Waals surface area contributed by atoms with E-state index < -0.39 is 5.97 Å². The third kappa shape index (κ3) is 6.83. The van der Waals surface area contributed by atoms with Crippen LogP contribution < -0.4 is 0 Å². The maximum atomic E-state index is 10.2. The molecule has 0 bridgehead atoms. The molecule has 5 rings (SSSR count). The van der Waals surface area contributed by atoms with Crippen molar-refractivity contribution in [3.8, 4) is 0 Å². The van der Waals surface area contributed by atoms with Gasteiger partial charge in [-0.25, -0.2) is 0 Å². The van der Waals surface area contributed by atoms with Crippen molar-refractivity contribution in [1.82, 2.24) is 0 Å². The molecular weight excluding hydrogens is 480 g/mol. The van der Waals surface area contributed by atoms with Gasteiger partial charge in [0.15, 0.2) is 0 Å². The van der Waals surface area contributed by atoms with Gasteiger partial charge < -0.3 is 10.2 Å². The number of aliphatic carboxylic acids is 1. The molecule has 1 unspecified atom stereocenters. The number of allylic oxidation sites excluding steroid dienone is 1. The number of aliphatic hydroxyl groups is 1. The van der Waals surface area contributed by atoms with Gasteiger partial charge in [0.2, 0.25) is 0 Å². The SMILES string of the molecule is CC(C)CCCC(C)[C@H]1CC[C@H]2[C@@H]3CC=C4C[C@@H](O)CC[C@]4(C)[C@H]3CC[C@]12C.O=C(O)CCc1ccccc1. The van der Waals surface area contributed by atoms with Crippen LogP contribution >= 0.6 is 0 Å². The summed E-state index contributed by atoms with van der Waals surface area (Å²) >= 11 is 0. The number of hydrogen-bond acceptors (Lipinski definition) is 2. The second-order valence-electron chi connectivity index (χ2n) is 14.6. The van der Waals surface area contributed by atoms with E-state index in [1.807, 2.05) is 30.3 Å². The normalized spacial score (nSPS) is 36.1. The highest BCUT2D eigenvalue weighted by molar-refractivity contribution is 5.67. The lowest BCUT2D eigenvalue weighted by molar-refractivity contribution is -0.136. The van der Waals surface area contributed by atoms with Crippen LogP contribution in [0.3, 0.4) is 0 Å². The molecule has 4 aliphatic carbocycles. The van der Waals surface area contributed by atoms with Crippen LogP contribution in [-0.2, 0) is 11.2 Å². The molecule has 0 aliphatic heterocycles. The van der Waals surface area contributed by atoms with Gasteiger partial charge in [-0.2, -0.15) is 0 Å². The second kappa shape index (κ2) is 12.9. The number of carbonyl (C=O) groups is 1. The van der Waals surface area contributed by atoms with Gasteiger partial charge in [-0.05, 0) is 110 Å². The number of hydrogen-bond donors (Lipinski definition) is 2. The van der Waals surface area contributed by atoms with Crippen LogP contribution in [0.5, 0.6) is 0 Å². The number of aliphatic hydroxyl groups excluding tert-OH is 1. The van der Waals surface area contributed by atoms with E-state index in [1.165, 1.54) is 57.8 Å². The summed E-state index contributed by atoms with van der Waals surface area (Å²) in [6, 6.07) is 9.62. The van der Waals surface area contributed by atoms with Crippen molar-refractivity contribution >= 4 is 5.97 Å². The van der Waals surface area contributed by atoms with Gasteiger partial charge in [0, 0.05) is 6.42 Å². The first-order valence-electron chi connectivity index (χ1n) is 16.2. The zero-order valence-corrected chi connectivity index (χ0v) is 25.5. The fraction of sp³-hybridized carbons (Fsp3) is 0.750. The second-order valence-corrected chi connectivity index (χ2v) is 14.6. The quantitative estimate of drug-likeness (QED) is 0.326. The average molecular weight is 537 g/mol. The first-order valence-corrected chi connectivity index (χ1v) is 16.2. The highest BCUT2D eigenvalue weighted by Crippen LogP contribution is 2.67. The van der Waals surface area contributed by atoms with Gasteiger partial charge in [-0.3, -0.25) is 4.79 Å². The maximum absolute atomic E-state index is 10.2. The van der Waals surface area contributed by atoms with Gasteiger partial charge in [-0.1, -0.05) is 95.9 Å². The predicted octanol–water partition coefficient (Wildman–Crippen LogP) is 9.09. The van der Waals surface area contributed by atoms with E-state index in [9.17, 15) is 9.90 Å². The van der Waals surface area contributed by atoms with Crippen LogP contribution in [0, 0.1) is 46.3 Å². The third-order valence-electron chi connectivity index (χ3n) is 11.7. The molecule has 0 spiro atoms. The molecule has 0 radical (unpaired) electrons. The summed E-state index contributed by atoms with van der Waals surface area (Å²) in [7, 11) is 0. The van der Waals surface area contributed by atoms with Crippen LogP contribution in [0.2, 0.25) is 0 Å². The summed E-state index contributed by atoms with van der Waals surface area (Å²) in [4.78, 5) is 10.2. The van der Waals surface area contributed by atoms with Gasteiger partial charge in [0.05, 0.1) is 6.10 Å². The van der Waals surface area contributed by atoms with Crippen molar-refractivity contribution in [1.29, 1.82) is 0 Å². The Hall–Kier alpha value is -1.61. The zero-order valence-electron chi connectivity index (χ0n) is 25.5. The summed E-state index contributed by atoms with van der Waals surface area (Å²) in [5, 5.41) is 18.6. The summed E-state index contributed by atoms with van der Waals surface area (Å²) in [5.74, 6) is 4.72. The minimum absolute atomic E-state index is 0.0766. The molecule has 3 heteroatoms.